The number of ether oxygens (including phenoxy) is 1. The van der Waals surface area contributed by atoms with Gasteiger partial charge in [-0.15, -0.1) is 0 Å². The first kappa shape index (κ1) is 17.4. The molecule has 1 aliphatic heterocycles. The number of nitrogens with zero attached hydrogens (tertiary/aromatic N) is 1. The summed E-state index contributed by atoms with van der Waals surface area (Å²) in [5.74, 6) is 0.157. The molecule has 2 aromatic rings. The van der Waals surface area contributed by atoms with E-state index in [2.05, 4.69) is 10.2 Å². The summed E-state index contributed by atoms with van der Waals surface area (Å²) >= 11 is 0. The van der Waals surface area contributed by atoms with Gasteiger partial charge in [0.1, 0.15) is 11.6 Å². The molecule has 0 saturated carbocycles. The zero-order valence-corrected chi connectivity index (χ0v) is 13.9. The Labute approximate surface area is 146 Å². The Morgan fingerprint density at radius 3 is 2.68 bits per heavy atom. The Bertz CT molecular complexity index is 692. The molecule has 1 saturated heterocycles. The molecule has 0 unspecified atom stereocenters. The third-order valence-corrected chi connectivity index (χ3v) is 4.15. The van der Waals surface area contributed by atoms with Crippen molar-refractivity contribution >= 4 is 12.0 Å². The Balaban J connectivity index is 1.64. The van der Waals surface area contributed by atoms with E-state index in [4.69, 9.17) is 9.15 Å². The van der Waals surface area contributed by atoms with Gasteiger partial charge >= 0.3 is 0 Å². The zero-order chi connectivity index (χ0) is 17.5. The molecular formula is C19H21FN2O3. The summed E-state index contributed by atoms with van der Waals surface area (Å²) in [5.41, 5.74) is 0.971. The second-order valence-electron chi connectivity index (χ2n) is 5.81. The van der Waals surface area contributed by atoms with Crippen molar-refractivity contribution in [3.8, 4) is 0 Å². The summed E-state index contributed by atoms with van der Waals surface area (Å²) in [7, 11) is 0. The number of hydrogen-bond acceptors (Lipinski definition) is 4. The van der Waals surface area contributed by atoms with Gasteiger partial charge in [-0.05, 0) is 35.9 Å². The molecule has 0 aliphatic carbocycles. The molecular weight excluding hydrogens is 323 g/mol. The fourth-order valence-corrected chi connectivity index (χ4v) is 2.83. The SMILES string of the molecule is O=C(/C=C/c1ccco1)NC[C@H](c1ccc(F)cc1)N1CCOCC1. The Morgan fingerprint density at radius 2 is 2.00 bits per heavy atom. The van der Waals surface area contributed by atoms with E-state index in [1.807, 2.05) is 0 Å². The molecule has 1 fully saturated rings. The molecule has 0 radical (unpaired) electrons. The first-order valence-corrected chi connectivity index (χ1v) is 8.29. The van der Waals surface area contributed by atoms with Crippen molar-refractivity contribution in [2.45, 2.75) is 6.04 Å². The molecule has 2 heterocycles. The van der Waals surface area contributed by atoms with E-state index < -0.39 is 0 Å². The predicted molar refractivity (Wildman–Crippen MR) is 92.3 cm³/mol. The van der Waals surface area contributed by atoms with Gasteiger partial charge in [-0.25, -0.2) is 4.39 Å². The van der Waals surface area contributed by atoms with Crippen LogP contribution in [0.2, 0.25) is 0 Å². The average molecular weight is 344 g/mol. The lowest BCUT2D eigenvalue weighted by Crippen LogP contribution is -2.43. The molecule has 1 aromatic heterocycles. The van der Waals surface area contributed by atoms with Gasteiger partial charge in [0.25, 0.3) is 0 Å². The van der Waals surface area contributed by atoms with Gasteiger partial charge in [0.05, 0.1) is 25.5 Å². The highest BCUT2D eigenvalue weighted by Gasteiger charge is 2.23. The van der Waals surface area contributed by atoms with Crippen LogP contribution in [0.25, 0.3) is 6.08 Å². The minimum atomic E-state index is -0.269. The molecule has 1 N–H and O–H groups in total. The lowest BCUT2D eigenvalue weighted by Gasteiger charge is -2.34. The molecule has 25 heavy (non-hydrogen) atoms. The van der Waals surface area contributed by atoms with Crippen LogP contribution < -0.4 is 5.32 Å². The van der Waals surface area contributed by atoms with Crippen LogP contribution in [0.4, 0.5) is 4.39 Å². The highest BCUT2D eigenvalue weighted by atomic mass is 19.1. The Hall–Kier alpha value is -2.44. The van der Waals surface area contributed by atoms with Crippen LogP contribution in [0.3, 0.4) is 0 Å². The van der Waals surface area contributed by atoms with Crippen molar-refractivity contribution in [2.24, 2.45) is 0 Å². The second-order valence-corrected chi connectivity index (χ2v) is 5.81. The first-order valence-electron chi connectivity index (χ1n) is 8.29. The van der Waals surface area contributed by atoms with Crippen LogP contribution in [-0.2, 0) is 9.53 Å². The number of nitrogens with one attached hydrogen (secondary N) is 1. The molecule has 6 heteroatoms. The highest BCUT2D eigenvalue weighted by Crippen LogP contribution is 2.21. The van der Waals surface area contributed by atoms with E-state index in [0.717, 1.165) is 18.7 Å². The van der Waals surface area contributed by atoms with Crippen LogP contribution in [0.1, 0.15) is 17.4 Å². The van der Waals surface area contributed by atoms with E-state index >= 15 is 0 Å². The maximum Gasteiger partial charge on any atom is 0.244 e. The number of rotatable bonds is 6. The predicted octanol–water partition coefficient (Wildman–Crippen LogP) is 2.62. The number of benzene rings is 1. The van der Waals surface area contributed by atoms with Crippen molar-refractivity contribution < 1.29 is 18.3 Å². The largest absolute Gasteiger partial charge is 0.465 e. The molecule has 3 rings (SSSR count). The molecule has 1 aromatic carbocycles. The van der Waals surface area contributed by atoms with E-state index in [1.165, 1.54) is 18.2 Å². The molecule has 1 amide bonds. The number of carbonyl (C=O) groups excluding carboxylic acids is 1. The normalized spacial score (nSPS) is 16.8. The van der Waals surface area contributed by atoms with Crippen LogP contribution in [0, 0.1) is 5.82 Å². The number of halogens is 1. The maximum absolute atomic E-state index is 13.2. The third-order valence-electron chi connectivity index (χ3n) is 4.15. The van der Waals surface area contributed by atoms with Crippen LogP contribution in [0.5, 0.6) is 0 Å². The Kier molecular flexibility index (Phi) is 5.98. The van der Waals surface area contributed by atoms with E-state index in [-0.39, 0.29) is 17.8 Å². The van der Waals surface area contributed by atoms with Crippen molar-refractivity contribution in [2.75, 3.05) is 32.8 Å². The summed E-state index contributed by atoms with van der Waals surface area (Å²) in [6, 6.07) is 9.94. The second kappa shape index (κ2) is 8.60. The topological polar surface area (TPSA) is 54.7 Å². The monoisotopic (exact) mass is 344 g/mol. The van der Waals surface area contributed by atoms with Gasteiger partial charge in [-0.3, -0.25) is 9.69 Å². The number of amides is 1. The fraction of sp³-hybridized carbons (Fsp3) is 0.316. The van der Waals surface area contributed by atoms with Crippen LogP contribution in [0.15, 0.2) is 53.2 Å². The Morgan fingerprint density at radius 1 is 1.24 bits per heavy atom. The highest BCUT2D eigenvalue weighted by molar-refractivity contribution is 5.91. The third kappa shape index (κ3) is 5.01. The average Bonchev–Trinajstić information content (AvgIpc) is 3.16. The van der Waals surface area contributed by atoms with E-state index in [9.17, 15) is 9.18 Å². The van der Waals surface area contributed by atoms with Gasteiger partial charge in [-0.1, -0.05) is 12.1 Å². The molecule has 0 bridgehead atoms. The summed E-state index contributed by atoms with van der Waals surface area (Å²) < 4.78 is 23.8. The van der Waals surface area contributed by atoms with Gasteiger partial charge in [-0.2, -0.15) is 0 Å². The standard InChI is InChI=1S/C19H21FN2O3/c20-16-5-3-15(4-6-16)18(22-9-12-24-13-10-22)14-21-19(23)8-7-17-2-1-11-25-17/h1-8,11,18H,9-10,12-14H2,(H,21,23)/b8-7+/t18-/m1/s1. The smallest absolute Gasteiger partial charge is 0.244 e. The molecule has 132 valence electrons. The van der Waals surface area contributed by atoms with Gasteiger partial charge < -0.3 is 14.5 Å². The number of carbonyl (C=O) groups is 1. The van der Waals surface area contributed by atoms with Gasteiger partial charge in [0.2, 0.25) is 5.91 Å². The van der Waals surface area contributed by atoms with Gasteiger partial charge in [0.15, 0.2) is 0 Å². The van der Waals surface area contributed by atoms with Crippen molar-refractivity contribution in [3.05, 3.63) is 65.9 Å². The molecule has 5 nitrogen and oxygen atoms in total. The van der Waals surface area contributed by atoms with Crippen LogP contribution in [-0.4, -0.2) is 43.7 Å². The van der Waals surface area contributed by atoms with E-state index in [1.54, 1.807) is 36.6 Å². The lowest BCUT2D eigenvalue weighted by molar-refractivity contribution is -0.116. The number of hydrogen-bond donors (Lipinski definition) is 1. The summed E-state index contributed by atoms with van der Waals surface area (Å²) in [6.07, 6.45) is 4.62. The molecule has 1 aliphatic rings. The zero-order valence-electron chi connectivity index (χ0n) is 13.9. The number of morpholine rings is 1. The van der Waals surface area contributed by atoms with E-state index in [0.29, 0.717) is 25.5 Å². The summed E-state index contributed by atoms with van der Waals surface area (Å²) in [5, 5.41) is 2.91. The van der Waals surface area contributed by atoms with Crippen molar-refractivity contribution in [1.29, 1.82) is 0 Å². The number of furan rings is 1. The van der Waals surface area contributed by atoms with Crippen LogP contribution >= 0.6 is 0 Å². The van der Waals surface area contributed by atoms with Crippen molar-refractivity contribution in [3.63, 3.8) is 0 Å². The first-order chi connectivity index (χ1) is 12.2. The van der Waals surface area contributed by atoms with Gasteiger partial charge in [0, 0.05) is 25.7 Å². The maximum atomic E-state index is 13.2. The minimum absolute atomic E-state index is 0.0227. The fourth-order valence-electron chi connectivity index (χ4n) is 2.83. The van der Waals surface area contributed by atoms with Crippen molar-refractivity contribution in [1.82, 2.24) is 10.2 Å². The minimum Gasteiger partial charge on any atom is -0.465 e. The summed E-state index contributed by atoms with van der Waals surface area (Å²) in [6.45, 7) is 3.31. The molecule has 0 spiro atoms. The molecule has 1 atom stereocenters. The quantitative estimate of drug-likeness (QED) is 0.819. The summed E-state index contributed by atoms with van der Waals surface area (Å²) in [4.78, 5) is 14.3. The lowest BCUT2D eigenvalue weighted by atomic mass is 10.0.